The Bertz CT molecular complexity index is 520. The number of aryl methyl sites for hydroxylation is 1. The summed E-state index contributed by atoms with van der Waals surface area (Å²) in [5.41, 5.74) is 1.95. The van der Waals surface area contributed by atoms with Crippen LogP contribution in [-0.2, 0) is 6.42 Å². The van der Waals surface area contributed by atoms with E-state index in [1.54, 1.807) is 0 Å². The average molecular weight is 275 g/mol. The average Bonchev–Trinajstić information content (AvgIpc) is 2.43. The lowest BCUT2D eigenvalue weighted by molar-refractivity contribution is 0.524. The van der Waals surface area contributed by atoms with Crippen molar-refractivity contribution < 1.29 is 8.78 Å². The SMILES string of the molecule is CNC(CCCc1cc(F)cc(F)c1)c1ccccc1. The number of benzene rings is 2. The monoisotopic (exact) mass is 275 g/mol. The van der Waals surface area contributed by atoms with Crippen LogP contribution in [0.4, 0.5) is 8.78 Å². The molecule has 0 fully saturated rings. The van der Waals surface area contributed by atoms with Crippen molar-refractivity contribution >= 4 is 0 Å². The molecule has 1 atom stereocenters. The normalized spacial score (nSPS) is 12.3. The molecule has 0 heterocycles. The number of rotatable bonds is 6. The molecule has 2 aromatic rings. The van der Waals surface area contributed by atoms with Gasteiger partial charge in [0.1, 0.15) is 11.6 Å². The molecule has 1 unspecified atom stereocenters. The maximum atomic E-state index is 13.1. The Morgan fingerprint density at radius 3 is 2.25 bits per heavy atom. The number of hydrogen-bond acceptors (Lipinski definition) is 1. The molecule has 0 saturated carbocycles. The predicted molar refractivity (Wildman–Crippen MR) is 77.5 cm³/mol. The minimum Gasteiger partial charge on any atom is -0.313 e. The van der Waals surface area contributed by atoms with Crippen LogP contribution in [0.2, 0.25) is 0 Å². The van der Waals surface area contributed by atoms with E-state index in [1.165, 1.54) is 17.7 Å². The summed E-state index contributed by atoms with van der Waals surface area (Å²) in [6.45, 7) is 0. The Balaban J connectivity index is 1.91. The van der Waals surface area contributed by atoms with Gasteiger partial charge in [-0.25, -0.2) is 8.78 Å². The summed E-state index contributed by atoms with van der Waals surface area (Å²) in [4.78, 5) is 0. The van der Waals surface area contributed by atoms with Crippen LogP contribution in [0, 0.1) is 11.6 Å². The van der Waals surface area contributed by atoms with Crippen molar-refractivity contribution in [1.29, 1.82) is 0 Å². The molecule has 106 valence electrons. The zero-order chi connectivity index (χ0) is 14.4. The Labute approximate surface area is 118 Å². The van der Waals surface area contributed by atoms with E-state index in [0.29, 0.717) is 12.0 Å². The van der Waals surface area contributed by atoms with Crippen LogP contribution < -0.4 is 5.32 Å². The van der Waals surface area contributed by atoms with Crippen LogP contribution in [0.3, 0.4) is 0 Å². The van der Waals surface area contributed by atoms with Gasteiger partial charge in [-0.1, -0.05) is 30.3 Å². The molecule has 20 heavy (non-hydrogen) atoms. The number of nitrogens with one attached hydrogen (secondary N) is 1. The first-order valence-electron chi connectivity index (χ1n) is 6.86. The molecule has 1 N–H and O–H groups in total. The molecule has 0 aromatic heterocycles. The second kappa shape index (κ2) is 7.15. The molecule has 2 aromatic carbocycles. The minimum absolute atomic E-state index is 0.273. The van der Waals surface area contributed by atoms with Crippen molar-refractivity contribution in [3.63, 3.8) is 0 Å². The van der Waals surface area contributed by atoms with E-state index in [-0.39, 0.29) is 6.04 Å². The highest BCUT2D eigenvalue weighted by atomic mass is 19.1. The fourth-order valence-corrected chi connectivity index (χ4v) is 2.43. The molecule has 0 spiro atoms. The molecule has 0 radical (unpaired) electrons. The third kappa shape index (κ3) is 4.14. The topological polar surface area (TPSA) is 12.0 Å². The summed E-state index contributed by atoms with van der Waals surface area (Å²) >= 11 is 0. The van der Waals surface area contributed by atoms with Crippen molar-refractivity contribution in [3.05, 3.63) is 71.3 Å². The van der Waals surface area contributed by atoms with Crippen LogP contribution in [0.25, 0.3) is 0 Å². The standard InChI is InChI=1S/C17H19F2N/c1-20-17(14-7-3-2-4-8-14)9-5-6-13-10-15(18)12-16(19)11-13/h2-4,7-8,10-12,17,20H,5-6,9H2,1H3. The van der Waals surface area contributed by atoms with E-state index in [2.05, 4.69) is 17.4 Å². The van der Waals surface area contributed by atoms with Crippen LogP contribution in [0.15, 0.2) is 48.5 Å². The van der Waals surface area contributed by atoms with E-state index in [1.807, 2.05) is 25.2 Å². The van der Waals surface area contributed by atoms with E-state index in [9.17, 15) is 8.78 Å². The zero-order valence-corrected chi connectivity index (χ0v) is 11.6. The van der Waals surface area contributed by atoms with Gasteiger partial charge in [0.2, 0.25) is 0 Å². The first-order valence-corrected chi connectivity index (χ1v) is 6.86. The third-order valence-corrected chi connectivity index (χ3v) is 3.43. The lowest BCUT2D eigenvalue weighted by Gasteiger charge is -2.16. The minimum atomic E-state index is -0.506. The van der Waals surface area contributed by atoms with Crippen molar-refractivity contribution in [2.45, 2.75) is 25.3 Å². The lowest BCUT2D eigenvalue weighted by Crippen LogP contribution is -2.16. The highest BCUT2D eigenvalue weighted by molar-refractivity contribution is 5.20. The third-order valence-electron chi connectivity index (χ3n) is 3.43. The first-order chi connectivity index (χ1) is 9.69. The molecule has 2 rings (SSSR count). The van der Waals surface area contributed by atoms with Gasteiger partial charge in [-0.15, -0.1) is 0 Å². The number of halogens is 2. The van der Waals surface area contributed by atoms with Crippen molar-refractivity contribution in [1.82, 2.24) is 5.32 Å². The van der Waals surface area contributed by atoms with Gasteiger partial charge in [0.25, 0.3) is 0 Å². The summed E-state index contributed by atoms with van der Waals surface area (Å²) in [5, 5.41) is 3.28. The van der Waals surface area contributed by atoms with Gasteiger partial charge in [0.05, 0.1) is 0 Å². The molecular weight excluding hydrogens is 256 g/mol. The van der Waals surface area contributed by atoms with Gasteiger partial charge in [-0.05, 0) is 49.6 Å². The van der Waals surface area contributed by atoms with Crippen molar-refractivity contribution in [2.24, 2.45) is 0 Å². The van der Waals surface area contributed by atoms with Crippen LogP contribution in [0.1, 0.15) is 30.0 Å². The van der Waals surface area contributed by atoms with Crippen LogP contribution in [-0.4, -0.2) is 7.05 Å². The summed E-state index contributed by atoms with van der Waals surface area (Å²) in [6, 6.07) is 14.2. The fraction of sp³-hybridized carbons (Fsp3) is 0.294. The molecule has 3 heteroatoms. The number of hydrogen-bond donors (Lipinski definition) is 1. The second-order valence-corrected chi connectivity index (χ2v) is 4.92. The Hall–Kier alpha value is -1.74. The van der Waals surface area contributed by atoms with E-state index < -0.39 is 11.6 Å². The molecule has 1 nitrogen and oxygen atoms in total. The van der Waals surface area contributed by atoms with Gasteiger partial charge in [0, 0.05) is 12.1 Å². The maximum Gasteiger partial charge on any atom is 0.126 e. The summed E-state index contributed by atoms with van der Waals surface area (Å²) in [7, 11) is 1.93. The van der Waals surface area contributed by atoms with Crippen molar-refractivity contribution in [3.8, 4) is 0 Å². The lowest BCUT2D eigenvalue weighted by atomic mass is 9.99. The van der Waals surface area contributed by atoms with Gasteiger partial charge >= 0.3 is 0 Å². The fourth-order valence-electron chi connectivity index (χ4n) is 2.43. The Morgan fingerprint density at radius 2 is 1.65 bits per heavy atom. The quantitative estimate of drug-likeness (QED) is 0.831. The second-order valence-electron chi connectivity index (χ2n) is 4.92. The highest BCUT2D eigenvalue weighted by Gasteiger charge is 2.08. The molecule has 0 aliphatic carbocycles. The van der Waals surface area contributed by atoms with Crippen LogP contribution in [0.5, 0.6) is 0 Å². The van der Waals surface area contributed by atoms with E-state index in [0.717, 1.165) is 18.9 Å². The molecule has 0 saturated heterocycles. The molecule has 0 amide bonds. The van der Waals surface area contributed by atoms with E-state index >= 15 is 0 Å². The van der Waals surface area contributed by atoms with Crippen molar-refractivity contribution in [2.75, 3.05) is 7.05 Å². The Kier molecular flexibility index (Phi) is 5.24. The molecule has 0 aliphatic rings. The smallest absolute Gasteiger partial charge is 0.126 e. The van der Waals surface area contributed by atoms with Gasteiger partial charge in [0.15, 0.2) is 0 Å². The molecule has 0 bridgehead atoms. The van der Waals surface area contributed by atoms with Crippen LogP contribution >= 0.6 is 0 Å². The highest BCUT2D eigenvalue weighted by Crippen LogP contribution is 2.19. The molecule has 0 aliphatic heterocycles. The first kappa shape index (κ1) is 14.7. The molecular formula is C17H19F2N. The summed E-state index contributed by atoms with van der Waals surface area (Å²) < 4.78 is 26.2. The summed E-state index contributed by atoms with van der Waals surface area (Å²) in [6.07, 6.45) is 2.49. The zero-order valence-electron chi connectivity index (χ0n) is 11.6. The Morgan fingerprint density at radius 1 is 1.00 bits per heavy atom. The summed E-state index contributed by atoms with van der Waals surface area (Å²) in [5.74, 6) is -1.01. The maximum absolute atomic E-state index is 13.1. The predicted octanol–water partition coefficient (Wildman–Crippen LogP) is 4.25. The van der Waals surface area contributed by atoms with Gasteiger partial charge in [-0.2, -0.15) is 0 Å². The van der Waals surface area contributed by atoms with Gasteiger partial charge in [-0.3, -0.25) is 0 Å². The van der Waals surface area contributed by atoms with Gasteiger partial charge < -0.3 is 5.32 Å². The van der Waals surface area contributed by atoms with E-state index in [4.69, 9.17) is 0 Å². The largest absolute Gasteiger partial charge is 0.313 e.